The molecule has 1 aliphatic rings. The Morgan fingerprint density at radius 3 is 2.46 bits per heavy atom. The second kappa shape index (κ2) is 7.25. The lowest BCUT2D eigenvalue weighted by Gasteiger charge is -2.25. The number of halogens is 3. The van der Waals surface area contributed by atoms with Gasteiger partial charge in [0.2, 0.25) is 0 Å². The van der Waals surface area contributed by atoms with Crippen molar-refractivity contribution in [2.24, 2.45) is 0 Å². The SMILES string of the molecule is C/C=C/CCc1ccc(C2CCc3cc(F)c(F)cc3C2)c(F)c1. The van der Waals surface area contributed by atoms with Gasteiger partial charge in [-0.25, -0.2) is 13.2 Å². The fourth-order valence-electron chi connectivity index (χ4n) is 3.49. The Kier molecular flexibility index (Phi) is 5.08. The molecule has 0 aliphatic heterocycles. The highest BCUT2D eigenvalue weighted by Gasteiger charge is 2.24. The average molecular weight is 330 g/mol. The minimum absolute atomic E-state index is 0.0203. The molecule has 3 heteroatoms. The molecule has 0 heterocycles. The van der Waals surface area contributed by atoms with E-state index in [1.807, 2.05) is 25.1 Å². The Labute approximate surface area is 141 Å². The zero-order chi connectivity index (χ0) is 17.1. The molecule has 126 valence electrons. The number of benzene rings is 2. The van der Waals surface area contributed by atoms with E-state index in [0.717, 1.165) is 36.0 Å². The van der Waals surface area contributed by atoms with Gasteiger partial charge in [0, 0.05) is 0 Å². The van der Waals surface area contributed by atoms with Crippen LogP contribution < -0.4 is 0 Å². The quantitative estimate of drug-likeness (QED) is 0.614. The van der Waals surface area contributed by atoms with Crippen LogP contribution in [0.4, 0.5) is 13.2 Å². The largest absolute Gasteiger partial charge is 0.207 e. The van der Waals surface area contributed by atoms with Gasteiger partial charge in [-0.05, 0) is 85.4 Å². The van der Waals surface area contributed by atoms with Crippen molar-refractivity contribution in [2.75, 3.05) is 0 Å². The van der Waals surface area contributed by atoms with E-state index < -0.39 is 11.6 Å². The number of aryl methyl sites for hydroxylation is 2. The van der Waals surface area contributed by atoms with E-state index in [4.69, 9.17) is 0 Å². The topological polar surface area (TPSA) is 0 Å². The normalized spacial score (nSPS) is 17.2. The predicted molar refractivity (Wildman–Crippen MR) is 90.7 cm³/mol. The molecule has 0 bridgehead atoms. The van der Waals surface area contributed by atoms with Gasteiger partial charge in [0.15, 0.2) is 11.6 Å². The van der Waals surface area contributed by atoms with Crippen LogP contribution in [0.2, 0.25) is 0 Å². The van der Waals surface area contributed by atoms with Crippen LogP contribution in [0, 0.1) is 17.5 Å². The summed E-state index contributed by atoms with van der Waals surface area (Å²) in [6, 6.07) is 7.99. The smallest absolute Gasteiger partial charge is 0.159 e. The molecule has 0 saturated heterocycles. The molecule has 0 aromatic heterocycles. The minimum atomic E-state index is -0.825. The van der Waals surface area contributed by atoms with Crippen molar-refractivity contribution < 1.29 is 13.2 Å². The summed E-state index contributed by atoms with van der Waals surface area (Å²) >= 11 is 0. The van der Waals surface area contributed by atoms with Gasteiger partial charge in [-0.1, -0.05) is 24.3 Å². The minimum Gasteiger partial charge on any atom is -0.207 e. The summed E-state index contributed by atoms with van der Waals surface area (Å²) in [5.74, 6) is -1.80. The first kappa shape index (κ1) is 16.8. The lowest BCUT2D eigenvalue weighted by atomic mass is 9.79. The standard InChI is InChI=1S/C21H21F3/c1-2-3-4-5-14-6-9-18(19(22)10-14)16-8-7-15-12-20(23)21(24)13-17(15)11-16/h2-3,6,9-10,12-13,16H,4-5,7-8,11H2,1H3/b3-2+. The maximum Gasteiger partial charge on any atom is 0.159 e. The van der Waals surface area contributed by atoms with E-state index in [0.29, 0.717) is 18.4 Å². The van der Waals surface area contributed by atoms with Crippen LogP contribution in [0.5, 0.6) is 0 Å². The van der Waals surface area contributed by atoms with Gasteiger partial charge in [-0.3, -0.25) is 0 Å². The Bertz CT molecular complexity index is 762. The number of hydrogen-bond donors (Lipinski definition) is 0. The van der Waals surface area contributed by atoms with Gasteiger partial charge in [-0.15, -0.1) is 0 Å². The summed E-state index contributed by atoms with van der Waals surface area (Å²) in [5, 5.41) is 0. The van der Waals surface area contributed by atoms with Gasteiger partial charge in [0.05, 0.1) is 0 Å². The zero-order valence-corrected chi connectivity index (χ0v) is 13.8. The van der Waals surface area contributed by atoms with Crippen molar-refractivity contribution in [1.82, 2.24) is 0 Å². The van der Waals surface area contributed by atoms with Crippen molar-refractivity contribution in [1.29, 1.82) is 0 Å². The molecule has 2 aromatic rings. The Balaban J connectivity index is 1.78. The molecule has 1 atom stereocenters. The van der Waals surface area contributed by atoms with Gasteiger partial charge in [0.25, 0.3) is 0 Å². The molecule has 0 fully saturated rings. The predicted octanol–water partition coefficient (Wildman–Crippen LogP) is 5.89. The third-order valence-corrected chi connectivity index (χ3v) is 4.81. The highest BCUT2D eigenvalue weighted by molar-refractivity contribution is 5.36. The highest BCUT2D eigenvalue weighted by Crippen LogP contribution is 2.35. The third kappa shape index (κ3) is 3.55. The second-order valence-electron chi connectivity index (χ2n) is 6.44. The molecule has 0 spiro atoms. The number of rotatable bonds is 4. The first-order valence-electron chi connectivity index (χ1n) is 8.44. The molecule has 0 radical (unpaired) electrons. The van der Waals surface area contributed by atoms with Gasteiger partial charge >= 0.3 is 0 Å². The van der Waals surface area contributed by atoms with E-state index in [9.17, 15) is 13.2 Å². The highest BCUT2D eigenvalue weighted by atomic mass is 19.2. The first-order valence-corrected chi connectivity index (χ1v) is 8.44. The summed E-state index contributed by atoms with van der Waals surface area (Å²) in [5.41, 5.74) is 3.30. The van der Waals surface area contributed by atoms with Gasteiger partial charge in [0.1, 0.15) is 5.82 Å². The third-order valence-electron chi connectivity index (χ3n) is 4.81. The molecule has 0 nitrogen and oxygen atoms in total. The Morgan fingerprint density at radius 1 is 1.00 bits per heavy atom. The summed E-state index contributed by atoms with van der Waals surface area (Å²) in [7, 11) is 0. The van der Waals surface area contributed by atoms with Gasteiger partial charge in [-0.2, -0.15) is 0 Å². The molecule has 1 unspecified atom stereocenters. The van der Waals surface area contributed by atoms with Crippen LogP contribution >= 0.6 is 0 Å². The van der Waals surface area contributed by atoms with Crippen LogP contribution in [0.1, 0.15) is 47.9 Å². The van der Waals surface area contributed by atoms with Crippen molar-refractivity contribution in [2.45, 2.75) is 44.9 Å². The summed E-state index contributed by atoms with van der Waals surface area (Å²) in [4.78, 5) is 0. The summed E-state index contributed by atoms with van der Waals surface area (Å²) in [6.07, 6.45) is 7.74. The van der Waals surface area contributed by atoms with E-state index in [-0.39, 0.29) is 11.7 Å². The molecule has 0 saturated carbocycles. The van der Waals surface area contributed by atoms with E-state index in [1.54, 1.807) is 6.07 Å². The first-order chi connectivity index (χ1) is 11.6. The lowest BCUT2D eigenvalue weighted by molar-refractivity contribution is 0.492. The van der Waals surface area contributed by atoms with Crippen LogP contribution in [0.3, 0.4) is 0 Å². The van der Waals surface area contributed by atoms with Crippen molar-refractivity contribution in [3.8, 4) is 0 Å². The van der Waals surface area contributed by atoms with Crippen LogP contribution in [0.15, 0.2) is 42.5 Å². The lowest BCUT2D eigenvalue weighted by Crippen LogP contribution is -2.15. The monoisotopic (exact) mass is 330 g/mol. The molecule has 1 aliphatic carbocycles. The maximum atomic E-state index is 14.5. The van der Waals surface area contributed by atoms with Crippen molar-refractivity contribution in [3.63, 3.8) is 0 Å². The average Bonchev–Trinajstić information content (AvgIpc) is 2.56. The molecule has 0 amide bonds. The molecule has 3 rings (SSSR count). The molecule has 2 aromatic carbocycles. The molecular weight excluding hydrogens is 309 g/mol. The Hall–Kier alpha value is -2.03. The van der Waals surface area contributed by atoms with Crippen molar-refractivity contribution >= 4 is 0 Å². The molecule has 24 heavy (non-hydrogen) atoms. The fourth-order valence-corrected chi connectivity index (χ4v) is 3.49. The molecular formula is C21H21F3. The van der Waals surface area contributed by atoms with Gasteiger partial charge < -0.3 is 0 Å². The van der Waals surface area contributed by atoms with E-state index >= 15 is 0 Å². The summed E-state index contributed by atoms with van der Waals surface area (Å²) < 4.78 is 41.3. The number of hydrogen-bond acceptors (Lipinski definition) is 0. The van der Waals surface area contributed by atoms with Crippen LogP contribution in [-0.2, 0) is 19.3 Å². The maximum absolute atomic E-state index is 14.5. The zero-order valence-electron chi connectivity index (χ0n) is 13.8. The van der Waals surface area contributed by atoms with Crippen LogP contribution in [0.25, 0.3) is 0 Å². The number of allylic oxidation sites excluding steroid dienone is 2. The summed E-state index contributed by atoms with van der Waals surface area (Å²) in [6.45, 7) is 1.97. The fraction of sp³-hybridized carbons (Fsp3) is 0.333. The van der Waals surface area contributed by atoms with Crippen LogP contribution in [-0.4, -0.2) is 0 Å². The number of fused-ring (bicyclic) bond motifs is 1. The van der Waals surface area contributed by atoms with E-state index in [1.165, 1.54) is 12.1 Å². The second-order valence-corrected chi connectivity index (χ2v) is 6.44. The Morgan fingerprint density at radius 2 is 1.75 bits per heavy atom. The van der Waals surface area contributed by atoms with E-state index in [2.05, 4.69) is 6.08 Å². The molecule has 0 N–H and O–H groups in total. The van der Waals surface area contributed by atoms with Crippen molar-refractivity contribution in [3.05, 3.63) is 82.2 Å².